The number of carbonyl (C=O) groups is 1. The fourth-order valence-corrected chi connectivity index (χ4v) is 8.63. The highest BCUT2D eigenvalue weighted by Crippen LogP contribution is 2.69. The van der Waals surface area contributed by atoms with Crippen molar-refractivity contribution in [3.8, 4) is 0 Å². The molecule has 3 atom stereocenters. The maximum Gasteiger partial charge on any atom is 0.258 e. The predicted molar refractivity (Wildman–Crippen MR) is 97.3 cm³/mol. The van der Waals surface area contributed by atoms with Crippen molar-refractivity contribution >= 4 is 43.8 Å². The van der Waals surface area contributed by atoms with E-state index in [0.717, 1.165) is 23.6 Å². The first kappa shape index (κ1) is 17.6. The highest BCUT2D eigenvalue weighted by Gasteiger charge is 2.72. The molecule has 1 amide bonds. The Balaban J connectivity index is 1.89. The highest BCUT2D eigenvalue weighted by molar-refractivity contribution is 8.38. The zero-order chi connectivity index (χ0) is 17.0. The standard InChI is InChI=1S/C15H24N2O3S3/c1-14(2)10-5-6-15(14)9-23(19,20)17(11(15)7-10)12(18)8-16-13(21-3)22-4/h10-11H,5-9H2,1-4H3. The van der Waals surface area contributed by atoms with Gasteiger partial charge in [0.25, 0.3) is 5.91 Å². The second-order valence-corrected chi connectivity index (χ2v) is 11.0. The van der Waals surface area contributed by atoms with Gasteiger partial charge in [0.2, 0.25) is 10.0 Å². The lowest BCUT2D eigenvalue weighted by Gasteiger charge is -2.37. The van der Waals surface area contributed by atoms with Crippen LogP contribution < -0.4 is 0 Å². The zero-order valence-electron chi connectivity index (χ0n) is 14.0. The largest absolute Gasteiger partial charge is 0.272 e. The molecule has 0 aromatic heterocycles. The van der Waals surface area contributed by atoms with E-state index in [1.54, 1.807) is 0 Å². The van der Waals surface area contributed by atoms with Gasteiger partial charge in [0.15, 0.2) is 0 Å². The van der Waals surface area contributed by atoms with E-state index in [1.807, 2.05) is 12.5 Å². The number of hydrogen-bond donors (Lipinski definition) is 0. The maximum atomic E-state index is 12.7. The molecule has 3 unspecified atom stereocenters. The van der Waals surface area contributed by atoms with Gasteiger partial charge in [0.1, 0.15) is 10.9 Å². The summed E-state index contributed by atoms with van der Waals surface area (Å²) in [6.45, 7) is 4.30. The van der Waals surface area contributed by atoms with E-state index in [4.69, 9.17) is 0 Å². The van der Waals surface area contributed by atoms with Crippen LogP contribution in [-0.2, 0) is 14.8 Å². The van der Waals surface area contributed by atoms with E-state index >= 15 is 0 Å². The third-order valence-corrected chi connectivity index (χ3v) is 10.2. The minimum absolute atomic E-state index is 0.00721. The van der Waals surface area contributed by atoms with Crippen molar-refractivity contribution in [3.63, 3.8) is 0 Å². The number of sulfonamides is 1. The monoisotopic (exact) mass is 376 g/mol. The van der Waals surface area contributed by atoms with Crippen LogP contribution in [0.1, 0.15) is 33.1 Å². The molecule has 23 heavy (non-hydrogen) atoms. The molecule has 8 heteroatoms. The van der Waals surface area contributed by atoms with E-state index < -0.39 is 10.0 Å². The Hall–Kier alpha value is -0.210. The molecule has 0 radical (unpaired) electrons. The molecule has 1 heterocycles. The predicted octanol–water partition coefficient (Wildman–Crippen LogP) is 2.44. The summed E-state index contributed by atoms with van der Waals surface area (Å²) < 4.78 is 27.4. The number of nitrogens with zero attached hydrogens (tertiary/aromatic N) is 2. The lowest BCUT2D eigenvalue weighted by molar-refractivity contribution is -0.127. The molecule has 1 aliphatic heterocycles. The fourth-order valence-electron chi connectivity index (χ4n) is 5.03. The Kier molecular flexibility index (Phi) is 4.33. The van der Waals surface area contributed by atoms with Crippen LogP contribution >= 0.6 is 23.5 Å². The Labute approximate surface area is 147 Å². The van der Waals surface area contributed by atoms with Gasteiger partial charge in [0, 0.05) is 5.41 Å². The lowest BCUT2D eigenvalue weighted by Crippen LogP contribution is -2.45. The van der Waals surface area contributed by atoms with E-state index in [9.17, 15) is 13.2 Å². The number of rotatable bonds is 2. The van der Waals surface area contributed by atoms with Gasteiger partial charge >= 0.3 is 0 Å². The van der Waals surface area contributed by atoms with Crippen molar-refractivity contribution in [1.29, 1.82) is 0 Å². The quantitative estimate of drug-likeness (QED) is 0.547. The number of carbonyl (C=O) groups excluding carboxylic acids is 1. The molecule has 5 nitrogen and oxygen atoms in total. The van der Waals surface area contributed by atoms with Crippen LogP contribution in [0, 0.1) is 16.7 Å². The van der Waals surface area contributed by atoms with Gasteiger partial charge in [-0.25, -0.2) is 12.7 Å². The maximum absolute atomic E-state index is 12.7. The molecule has 130 valence electrons. The summed E-state index contributed by atoms with van der Waals surface area (Å²) in [5.74, 6) is 0.284. The second kappa shape index (κ2) is 5.66. The van der Waals surface area contributed by atoms with Gasteiger partial charge in [0.05, 0.1) is 11.8 Å². The zero-order valence-corrected chi connectivity index (χ0v) is 16.5. The molecule has 2 aliphatic carbocycles. The van der Waals surface area contributed by atoms with Crippen molar-refractivity contribution in [2.45, 2.75) is 39.2 Å². The average molecular weight is 377 g/mol. The number of thioether (sulfide) groups is 2. The Morgan fingerprint density at radius 1 is 1.30 bits per heavy atom. The van der Waals surface area contributed by atoms with Crippen LogP contribution in [0.25, 0.3) is 0 Å². The molecule has 1 saturated heterocycles. The molecule has 3 aliphatic rings. The molecule has 0 aromatic rings. The van der Waals surface area contributed by atoms with Crippen molar-refractivity contribution < 1.29 is 13.2 Å². The van der Waals surface area contributed by atoms with Crippen LogP contribution in [0.3, 0.4) is 0 Å². The molecule has 0 N–H and O–H groups in total. The SMILES string of the molecule is CSC(=NCC(=O)N1C2CC3CCC2(CS1(=O)=O)C3(C)C)SC. The Morgan fingerprint density at radius 3 is 2.52 bits per heavy atom. The van der Waals surface area contributed by atoms with Crippen molar-refractivity contribution in [2.24, 2.45) is 21.7 Å². The van der Waals surface area contributed by atoms with Gasteiger partial charge in [-0.3, -0.25) is 9.79 Å². The molecular formula is C15H24N2O3S3. The molecular weight excluding hydrogens is 352 g/mol. The van der Waals surface area contributed by atoms with Crippen molar-refractivity contribution in [2.75, 3.05) is 24.8 Å². The van der Waals surface area contributed by atoms with Crippen molar-refractivity contribution in [1.82, 2.24) is 4.31 Å². The first-order valence-electron chi connectivity index (χ1n) is 7.87. The summed E-state index contributed by atoms with van der Waals surface area (Å²) in [4.78, 5) is 16.9. The molecule has 3 fully saturated rings. The molecule has 2 saturated carbocycles. The summed E-state index contributed by atoms with van der Waals surface area (Å²) in [7, 11) is -3.52. The molecule has 0 aromatic carbocycles. The topological polar surface area (TPSA) is 66.8 Å². The summed E-state index contributed by atoms with van der Waals surface area (Å²) in [6, 6.07) is -0.157. The second-order valence-electron chi connectivity index (χ2n) is 7.30. The molecule has 3 rings (SSSR count). The minimum Gasteiger partial charge on any atom is -0.272 e. The van der Waals surface area contributed by atoms with E-state index in [0.29, 0.717) is 5.92 Å². The lowest BCUT2D eigenvalue weighted by atomic mass is 9.69. The number of amides is 1. The summed E-state index contributed by atoms with van der Waals surface area (Å²) in [5, 5.41) is 0. The van der Waals surface area contributed by atoms with Crippen LogP contribution in [0.5, 0.6) is 0 Å². The Bertz CT molecular complexity index is 653. The van der Waals surface area contributed by atoms with E-state index in [-0.39, 0.29) is 35.1 Å². The third kappa shape index (κ3) is 2.39. The normalized spacial score (nSPS) is 36.1. The first-order valence-corrected chi connectivity index (χ1v) is 11.9. The summed E-state index contributed by atoms with van der Waals surface area (Å²) >= 11 is 2.95. The van der Waals surface area contributed by atoms with E-state index in [2.05, 4.69) is 18.8 Å². The van der Waals surface area contributed by atoms with Gasteiger partial charge in [-0.05, 0) is 43.1 Å². The molecule has 2 bridgehead atoms. The molecule has 1 spiro atoms. The van der Waals surface area contributed by atoms with E-state index in [1.165, 1.54) is 27.8 Å². The van der Waals surface area contributed by atoms with Gasteiger partial charge in [-0.2, -0.15) is 0 Å². The van der Waals surface area contributed by atoms with Crippen molar-refractivity contribution in [3.05, 3.63) is 0 Å². The summed E-state index contributed by atoms with van der Waals surface area (Å²) in [6.07, 6.45) is 6.63. The summed E-state index contributed by atoms with van der Waals surface area (Å²) in [5.41, 5.74) is -0.259. The van der Waals surface area contributed by atoms with Crippen LogP contribution in [-0.4, -0.2) is 53.9 Å². The van der Waals surface area contributed by atoms with Gasteiger partial charge in [-0.1, -0.05) is 13.8 Å². The smallest absolute Gasteiger partial charge is 0.258 e. The third-order valence-electron chi connectivity index (χ3n) is 6.35. The van der Waals surface area contributed by atoms with Gasteiger partial charge in [-0.15, -0.1) is 23.5 Å². The highest BCUT2D eigenvalue weighted by atomic mass is 32.2. The Morgan fingerprint density at radius 2 is 1.96 bits per heavy atom. The minimum atomic E-state index is -3.52. The van der Waals surface area contributed by atoms with Crippen LogP contribution in [0.4, 0.5) is 0 Å². The van der Waals surface area contributed by atoms with Gasteiger partial charge < -0.3 is 0 Å². The average Bonchev–Trinajstić information content (AvgIpc) is 2.95. The fraction of sp³-hybridized carbons (Fsp3) is 0.867. The number of hydrogen-bond acceptors (Lipinski definition) is 6. The number of aliphatic imine (C=N–C) groups is 1. The van der Waals surface area contributed by atoms with Crippen LogP contribution in [0.2, 0.25) is 0 Å². The number of fused-ring (bicyclic) bond motifs is 1. The van der Waals surface area contributed by atoms with Crippen LogP contribution in [0.15, 0.2) is 4.99 Å². The first-order chi connectivity index (χ1) is 10.7.